The molecule has 0 aliphatic rings. The predicted octanol–water partition coefficient (Wildman–Crippen LogP) is 13.9. The maximum absolute atomic E-state index is 12.9. The van der Waals surface area contributed by atoms with Gasteiger partial charge in [-0.2, -0.15) is 0 Å². The average Bonchev–Trinajstić information content (AvgIpc) is 3.29. The van der Waals surface area contributed by atoms with Crippen molar-refractivity contribution < 1.29 is 38.0 Å². The summed E-state index contributed by atoms with van der Waals surface area (Å²) in [5.74, 6) is -0.315. The van der Waals surface area contributed by atoms with Crippen LogP contribution in [-0.4, -0.2) is 84.6 Å². The first-order chi connectivity index (χ1) is 32.4. The number of likely N-dealkylation sites (N-methyl/N-ethyl adjacent to an activating group) is 1. The molecule has 0 radical (unpaired) electrons. The molecule has 67 heavy (non-hydrogen) atoms. The molecule has 378 valence electrons. The summed E-state index contributed by atoms with van der Waals surface area (Å²) in [5.41, 5.74) is 0. The number of hydrogen-bond donors (Lipinski definition) is 4. The van der Waals surface area contributed by atoms with E-state index in [9.17, 15) is 24.5 Å². The van der Waals surface area contributed by atoms with Crippen LogP contribution in [0, 0.1) is 0 Å². The Balaban J connectivity index is 4.45. The normalized spacial score (nSPS) is 15.8. The Hall–Kier alpha value is -3.66. The molecule has 0 aromatic carbocycles. The molecule has 1 amide bonds. The van der Waals surface area contributed by atoms with Crippen molar-refractivity contribution in [2.24, 2.45) is 0 Å². The first-order valence-corrected chi connectivity index (χ1v) is 26.7. The van der Waals surface area contributed by atoms with E-state index in [1.54, 1.807) is 0 Å². The molecule has 0 aromatic heterocycles. The third kappa shape index (κ3) is 47.2. The standard InChI is InChI=1S/C57H93N2O7P/c1-6-8-10-12-14-16-18-20-21-22-23-24-25-26-27-28-29-30-31-32-33-34-35-36-37-38-40-42-44-46-48-50-56(61)58-54(53-66-67(63,64)65-52-51-59(3,4)5)57(62)55(60)49-47-45-43-41-39-19-17-15-13-11-9-7-2/h7-10,14-17,20-21,23-24,26-27,29-30,32-33,35-36,38,40-41,43,54-55,57,60,62H,6,11-13,18-19,22,25,28,31,34,37,39,42,44-53H2,1-5H3,(H-,58,61,63,64)/p+1/b9-7+,10-8-,16-14-,17-15+,21-20-,24-23-,27-26-,30-29-,33-32-,36-35-,40-38-,43-41+. The lowest BCUT2D eigenvalue weighted by Gasteiger charge is -2.28. The number of phosphoric ester groups is 1. The molecule has 4 unspecified atom stereocenters. The van der Waals surface area contributed by atoms with E-state index in [4.69, 9.17) is 9.05 Å². The minimum atomic E-state index is -4.45. The number of aliphatic hydroxyl groups is 2. The van der Waals surface area contributed by atoms with Gasteiger partial charge in [0.1, 0.15) is 19.3 Å². The Bertz CT molecular complexity index is 1610. The van der Waals surface area contributed by atoms with Crippen LogP contribution in [0.2, 0.25) is 0 Å². The average molecular weight is 950 g/mol. The van der Waals surface area contributed by atoms with Crippen molar-refractivity contribution in [3.8, 4) is 0 Å². The highest BCUT2D eigenvalue weighted by molar-refractivity contribution is 7.47. The fourth-order valence-electron chi connectivity index (χ4n) is 6.23. The molecule has 0 heterocycles. The zero-order chi connectivity index (χ0) is 49.4. The van der Waals surface area contributed by atoms with Gasteiger partial charge in [-0.3, -0.25) is 13.8 Å². The van der Waals surface area contributed by atoms with Gasteiger partial charge in [-0.1, -0.05) is 159 Å². The van der Waals surface area contributed by atoms with Crippen molar-refractivity contribution in [2.45, 2.75) is 167 Å². The van der Waals surface area contributed by atoms with E-state index in [0.29, 0.717) is 30.3 Å². The minimum Gasteiger partial charge on any atom is -0.390 e. The van der Waals surface area contributed by atoms with E-state index in [-0.39, 0.29) is 18.9 Å². The van der Waals surface area contributed by atoms with E-state index in [0.717, 1.165) is 109 Å². The lowest BCUT2D eigenvalue weighted by atomic mass is 10.0. The Morgan fingerprint density at radius 2 is 0.955 bits per heavy atom. The van der Waals surface area contributed by atoms with Crippen LogP contribution in [0.15, 0.2) is 146 Å². The van der Waals surface area contributed by atoms with Crippen molar-refractivity contribution in [2.75, 3.05) is 40.9 Å². The number of nitrogens with zero attached hydrogens (tertiary/aromatic N) is 1. The van der Waals surface area contributed by atoms with Gasteiger partial charge in [-0.25, -0.2) is 4.57 Å². The van der Waals surface area contributed by atoms with Crippen molar-refractivity contribution in [3.63, 3.8) is 0 Å². The lowest BCUT2D eigenvalue weighted by Crippen LogP contribution is -2.51. The number of quaternary nitrogens is 1. The predicted molar refractivity (Wildman–Crippen MR) is 287 cm³/mol. The summed E-state index contributed by atoms with van der Waals surface area (Å²) >= 11 is 0. The zero-order valence-electron chi connectivity index (χ0n) is 42.4. The van der Waals surface area contributed by atoms with Gasteiger partial charge < -0.3 is 24.9 Å². The molecule has 4 atom stereocenters. The van der Waals surface area contributed by atoms with Crippen LogP contribution in [0.3, 0.4) is 0 Å². The van der Waals surface area contributed by atoms with E-state index in [1.807, 2.05) is 28.1 Å². The van der Waals surface area contributed by atoms with E-state index >= 15 is 0 Å². The summed E-state index contributed by atoms with van der Waals surface area (Å²) in [7, 11) is 1.35. The van der Waals surface area contributed by atoms with Gasteiger partial charge in [-0.05, 0) is 129 Å². The lowest BCUT2D eigenvalue weighted by molar-refractivity contribution is -0.870. The van der Waals surface area contributed by atoms with Gasteiger partial charge in [0.05, 0.1) is 39.9 Å². The molecule has 0 aliphatic heterocycles. The maximum atomic E-state index is 12.9. The number of hydrogen-bond acceptors (Lipinski definition) is 6. The number of rotatable bonds is 43. The van der Waals surface area contributed by atoms with Crippen LogP contribution in [0.4, 0.5) is 0 Å². The molecule has 10 heteroatoms. The maximum Gasteiger partial charge on any atom is 0.472 e. The topological polar surface area (TPSA) is 125 Å². The van der Waals surface area contributed by atoms with Crippen molar-refractivity contribution >= 4 is 13.7 Å². The molecule has 0 bridgehead atoms. The van der Waals surface area contributed by atoms with Crippen molar-refractivity contribution in [1.29, 1.82) is 0 Å². The third-order valence-corrected chi connectivity index (χ3v) is 11.2. The van der Waals surface area contributed by atoms with Gasteiger partial charge in [0, 0.05) is 6.42 Å². The molecule has 0 saturated carbocycles. The number of amides is 1. The Morgan fingerprint density at radius 1 is 0.552 bits per heavy atom. The summed E-state index contributed by atoms with van der Waals surface area (Å²) in [6.45, 7) is 4.18. The minimum absolute atomic E-state index is 0.00380. The first-order valence-electron chi connectivity index (χ1n) is 25.3. The highest BCUT2D eigenvalue weighted by Gasteiger charge is 2.31. The second-order valence-electron chi connectivity index (χ2n) is 17.6. The highest BCUT2D eigenvalue weighted by Crippen LogP contribution is 2.43. The fourth-order valence-corrected chi connectivity index (χ4v) is 6.97. The Morgan fingerprint density at radius 3 is 1.40 bits per heavy atom. The molecule has 0 aliphatic carbocycles. The van der Waals surface area contributed by atoms with Crippen LogP contribution < -0.4 is 5.32 Å². The summed E-state index contributed by atoms with van der Waals surface area (Å²) in [4.78, 5) is 23.2. The van der Waals surface area contributed by atoms with E-state index < -0.39 is 32.7 Å². The number of phosphoric acid groups is 1. The molecule has 0 rings (SSSR count). The van der Waals surface area contributed by atoms with Crippen molar-refractivity contribution in [1.82, 2.24) is 5.32 Å². The molecule has 0 spiro atoms. The second kappa shape index (κ2) is 46.1. The van der Waals surface area contributed by atoms with Crippen LogP contribution >= 0.6 is 7.82 Å². The monoisotopic (exact) mass is 950 g/mol. The van der Waals surface area contributed by atoms with E-state index in [2.05, 4.69) is 158 Å². The molecule has 0 fully saturated rings. The number of unbranched alkanes of at least 4 members (excludes halogenated alkanes) is 6. The van der Waals surface area contributed by atoms with E-state index in [1.165, 1.54) is 0 Å². The number of carbonyl (C=O) groups is 1. The first kappa shape index (κ1) is 63.3. The number of aliphatic hydroxyl groups excluding tert-OH is 2. The van der Waals surface area contributed by atoms with Crippen LogP contribution in [0.1, 0.15) is 149 Å². The summed E-state index contributed by atoms with van der Waals surface area (Å²) in [5, 5.41) is 24.6. The number of allylic oxidation sites excluding steroid dienone is 24. The molecular weight excluding hydrogens is 856 g/mol. The van der Waals surface area contributed by atoms with Gasteiger partial charge in [0.15, 0.2) is 0 Å². The largest absolute Gasteiger partial charge is 0.472 e. The number of carbonyl (C=O) groups excluding carboxylic acids is 1. The third-order valence-electron chi connectivity index (χ3n) is 10.2. The van der Waals surface area contributed by atoms with Crippen LogP contribution in [0.25, 0.3) is 0 Å². The van der Waals surface area contributed by atoms with Gasteiger partial charge in [0.25, 0.3) is 0 Å². The summed E-state index contributed by atoms with van der Waals surface area (Å²) in [6.07, 6.45) is 68.0. The number of nitrogens with one attached hydrogen (secondary N) is 1. The summed E-state index contributed by atoms with van der Waals surface area (Å²) in [6, 6.07) is -1.09. The van der Waals surface area contributed by atoms with Gasteiger partial charge in [0.2, 0.25) is 5.91 Å². The fraction of sp³-hybridized carbons (Fsp3) is 0.561. The molecule has 4 N–H and O–H groups in total. The van der Waals surface area contributed by atoms with Crippen LogP contribution in [-0.2, 0) is 18.4 Å². The second-order valence-corrected chi connectivity index (χ2v) is 19.0. The van der Waals surface area contributed by atoms with Gasteiger partial charge in [-0.15, -0.1) is 0 Å². The van der Waals surface area contributed by atoms with Crippen molar-refractivity contribution in [3.05, 3.63) is 146 Å². The van der Waals surface area contributed by atoms with Gasteiger partial charge >= 0.3 is 7.82 Å². The Kier molecular flexibility index (Phi) is 43.6. The molecule has 0 saturated heterocycles. The Labute approximate surface area is 409 Å². The van der Waals surface area contributed by atoms with Crippen LogP contribution in [0.5, 0.6) is 0 Å². The zero-order valence-corrected chi connectivity index (χ0v) is 43.3. The highest BCUT2D eigenvalue weighted by atomic mass is 31.2. The molecule has 9 nitrogen and oxygen atoms in total. The molecule has 0 aromatic rings. The SMILES string of the molecule is C/C=C/CC/C=C/CC/C=C/CCCC(O)C(O)C(COP(=O)(O)OCC[N+](C)(C)C)NC(=O)CCCCC/C=C\C/C=C\C/C=C\C/C=C\C/C=C\C/C=C\C/C=C\C/C=C\C/C=C\CC. The smallest absolute Gasteiger partial charge is 0.390 e. The quantitative estimate of drug-likeness (QED) is 0.0208. The molecular formula is C57H94N2O7P+. The summed E-state index contributed by atoms with van der Waals surface area (Å²) < 4.78 is 23.5.